The van der Waals surface area contributed by atoms with Crippen molar-refractivity contribution in [3.8, 4) is 0 Å². The van der Waals surface area contributed by atoms with Crippen molar-refractivity contribution in [2.45, 2.75) is 6.92 Å². The number of aromatic amines is 2. The zero-order valence-electron chi connectivity index (χ0n) is 11.0. The SMILES string of the molecule is C/C=C/C(=O)OCC(=O)Nc1cc2[nH]c(=O)[nH]c2cc1Br. The van der Waals surface area contributed by atoms with Crippen molar-refractivity contribution in [3.63, 3.8) is 0 Å². The van der Waals surface area contributed by atoms with Crippen LogP contribution in [0.2, 0.25) is 0 Å². The predicted octanol–water partition coefficient (Wildman–Crippen LogP) is 1.68. The number of aromatic nitrogens is 2. The number of imidazole rings is 1. The first kappa shape index (κ1) is 15.0. The number of hydrogen-bond donors (Lipinski definition) is 3. The number of carbonyl (C=O) groups is 2. The molecule has 0 atom stereocenters. The van der Waals surface area contributed by atoms with Crippen molar-refractivity contribution in [2.24, 2.45) is 0 Å². The number of fused-ring (bicyclic) bond motifs is 1. The van der Waals surface area contributed by atoms with Gasteiger partial charge in [-0.3, -0.25) is 4.79 Å². The third-order valence-corrected chi connectivity index (χ3v) is 3.18. The Morgan fingerprint density at radius 1 is 1.33 bits per heavy atom. The Bertz CT molecular complexity index is 775. The van der Waals surface area contributed by atoms with Gasteiger partial charge in [-0.2, -0.15) is 0 Å². The average Bonchev–Trinajstić information content (AvgIpc) is 2.76. The van der Waals surface area contributed by atoms with E-state index in [0.29, 0.717) is 21.2 Å². The van der Waals surface area contributed by atoms with Crippen LogP contribution in [0, 0.1) is 0 Å². The van der Waals surface area contributed by atoms with Gasteiger partial charge >= 0.3 is 11.7 Å². The number of ether oxygens (including phenoxy) is 1. The number of rotatable bonds is 4. The molecule has 0 aliphatic heterocycles. The number of benzene rings is 1. The van der Waals surface area contributed by atoms with Gasteiger partial charge in [0, 0.05) is 10.5 Å². The number of nitrogens with one attached hydrogen (secondary N) is 3. The van der Waals surface area contributed by atoms with E-state index in [0.717, 1.165) is 0 Å². The summed E-state index contributed by atoms with van der Waals surface area (Å²) < 4.78 is 5.33. The second-order valence-electron chi connectivity index (χ2n) is 4.11. The first-order chi connectivity index (χ1) is 9.99. The summed E-state index contributed by atoms with van der Waals surface area (Å²) in [6, 6.07) is 3.26. The number of allylic oxidation sites excluding steroid dienone is 1. The molecule has 8 heteroatoms. The topological polar surface area (TPSA) is 104 Å². The van der Waals surface area contributed by atoms with Gasteiger partial charge in [-0.1, -0.05) is 6.08 Å². The van der Waals surface area contributed by atoms with Crippen molar-refractivity contribution in [3.05, 3.63) is 39.2 Å². The highest BCUT2D eigenvalue weighted by atomic mass is 79.9. The van der Waals surface area contributed by atoms with Gasteiger partial charge in [-0.25, -0.2) is 9.59 Å². The zero-order valence-corrected chi connectivity index (χ0v) is 12.6. The van der Waals surface area contributed by atoms with Crippen LogP contribution in [0.1, 0.15) is 6.92 Å². The molecule has 1 aromatic carbocycles. The molecule has 0 spiro atoms. The van der Waals surface area contributed by atoms with Crippen LogP contribution in [0.5, 0.6) is 0 Å². The van der Waals surface area contributed by atoms with E-state index in [4.69, 9.17) is 4.74 Å². The van der Waals surface area contributed by atoms with Crippen LogP contribution in [-0.2, 0) is 14.3 Å². The number of halogens is 1. The quantitative estimate of drug-likeness (QED) is 0.574. The van der Waals surface area contributed by atoms with E-state index < -0.39 is 18.5 Å². The minimum atomic E-state index is -0.586. The Hall–Kier alpha value is -2.35. The summed E-state index contributed by atoms with van der Waals surface area (Å²) in [7, 11) is 0. The highest BCUT2D eigenvalue weighted by molar-refractivity contribution is 9.10. The molecule has 0 aliphatic carbocycles. The molecule has 7 nitrogen and oxygen atoms in total. The minimum Gasteiger partial charge on any atom is -0.452 e. The van der Waals surface area contributed by atoms with Crippen LogP contribution in [0.25, 0.3) is 11.0 Å². The Balaban J connectivity index is 2.08. The first-order valence-corrected chi connectivity index (χ1v) is 6.79. The monoisotopic (exact) mass is 353 g/mol. The molecule has 0 saturated carbocycles. The van der Waals surface area contributed by atoms with Gasteiger partial charge < -0.3 is 20.0 Å². The van der Waals surface area contributed by atoms with Crippen LogP contribution in [0.4, 0.5) is 5.69 Å². The van der Waals surface area contributed by atoms with Crippen LogP contribution < -0.4 is 11.0 Å². The summed E-state index contributed by atoms with van der Waals surface area (Å²) in [5.41, 5.74) is 1.30. The van der Waals surface area contributed by atoms with E-state index in [9.17, 15) is 14.4 Å². The second-order valence-corrected chi connectivity index (χ2v) is 4.97. The van der Waals surface area contributed by atoms with Gasteiger partial charge in [0.05, 0.1) is 16.7 Å². The normalized spacial score (nSPS) is 11.0. The molecule has 21 heavy (non-hydrogen) atoms. The molecular formula is C13H12BrN3O4. The number of amides is 1. The van der Waals surface area contributed by atoms with Gasteiger partial charge in [0.25, 0.3) is 5.91 Å². The molecular weight excluding hydrogens is 342 g/mol. The summed E-state index contributed by atoms with van der Waals surface area (Å²) >= 11 is 3.29. The van der Waals surface area contributed by atoms with Crippen molar-refractivity contribution in [1.82, 2.24) is 9.97 Å². The number of anilines is 1. The molecule has 2 rings (SSSR count). The fraction of sp³-hybridized carbons (Fsp3) is 0.154. The van der Waals surface area contributed by atoms with Crippen LogP contribution >= 0.6 is 15.9 Å². The maximum atomic E-state index is 11.7. The molecule has 1 amide bonds. The molecule has 0 saturated heterocycles. The molecule has 0 unspecified atom stereocenters. The third kappa shape index (κ3) is 3.82. The maximum absolute atomic E-state index is 11.7. The summed E-state index contributed by atoms with van der Waals surface area (Å²) in [5, 5.41) is 2.59. The molecule has 110 valence electrons. The van der Waals surface area contributed by atoms with Crippen molar-refractivity contribution in [1.29, 1.82) is 0 Å². The number of carbonyl (C=O) groups excluding carboxylic acids is 2. The number of H-pyrrole nitrogens is 2. The molecule has 0 aliphatic rings. The lowest BCUT2D eigenvalue weighted by Gasteiger charge is -2.07. The van der Waals surface area contributed by atoms with E-state index in [-0.39, 0.29) is 5.69 Å². The molecule has 0 fully saturated rings. The highest BCUT2D eigenvalue weighted by Crippen LogP contribution is 2.26. The minimum absolute atomic E-state index is 0.333. The summed E-state index contributed by atoms with van der Waals surface area (Å²) in [6.45, 7) is 1.28. The number of hydrogen-bond acceptors (Lipinski definition) is 4. The van der Waals surface area contributed by atoms with E-state index in [1.807, 2.05) is 0 Å². The van der Waals surface area contributed by atoms with Crippen LogP contribution in [-0.4, -0.2) is 28.5 Å². The molecule has 1 heterocycles. The van der Waals surface area contributed by atoms with Crippen molar-refractivity contribution < 1.29 is 14.3 Å². The van der Waals surface area contributed by atoms with E-state index >= 15 is 0 Å². The Labute approximate surface area is 127 Å². The maximum Gasteiger partial charge on any atom is 0.330 e. The van der Waals surface area contributed by atoms with Crippen LogP contribution in [0.3, 0.4) is 0 Å². The average molecular weight is 354 g/mol. The Morgan fingerprint density at radius 3 is 2.67 bits per heavy atom. The smallest absolute Gasteiger partial charge is 0.330 e. The molecule has 0 radical (unpaired) electrons. The van der Waals surface area contributed by atoms with Crippen molar-refractivity contribution >= 4 is 44.5 Å². The van der Waals surface area contributed by atoms with Crippen LogP contribution in [0.15, 0.2) is 33.6 Å². The van der Waals surface area contributed by atoms with Gasteiger partial charge in [-0.05, 0) is 35.0 Å². The zero-order chi connectivity index (χ0) is 15.4. The third-order valence-electron chi connectivity index (χ3n) is 2.53. The standard InChI is InChI=1S/C13H12BrN3O4/c1-2-3-12(19)21-6-11(18)15-8-5-10-9(4-7(8)14)16-13(20)17-10/h2-5H,6H2,1H3,(H,15,18)(H2,16,17,20)/b3-2+. The van der Waals surface area contributed by atoms with Crippen molar-refractivity contribution in [2.75, 3.05) is 11.9 Å². The van der Waals surface area contributed by atoms with Gasteiger partial charge in [0.15, 0.2) is 6.61 Å². The molecule has 2 aromatic rings. The lowest BCUT2D eigenvalue weighted by Crippen LogP contribution is -2.20. The predicted molar refractivity (Wildman–Crippen MR) is 81.0 cm³/mol. The fourth-order valence-electron chi connectivity index (χ4n) is 1.66. The summed E-state index contributed by atoms with van der Waals surface area (Å²) in [6.07, 6.45) is 2.74. The fourth-order valence-corrected chi connectivity index (χ4v) is 2.10. The highest BCUT2D eigenvalue weighted by Gasteiger charge is 2.10. The van der Waals surface area contributed by atoms with E-state index in [2.05, 4.69) is 31.2 Å². The number of esters is 1. The first-order valence-electron chi connectivity index (χ1n) is 6.00. The Kier molecular flexibility index (Phi) is 4.59. The largest absolute Gasteiger partial charge is 0.452 e. The lowest BCUT2D eigenvalue weighted by molar-refractivity contribution is -0.142. The summed E-state index contributed by atoms with van der Waals surface area (Å²) in [4.78, 5) is 39.2. The van der Waals surface area contributed by atoms with E-state index in [1.54, 1.807) is 19.1 Å². The van der Waals surface area contributed by atoms with Gasteiger partial charge in [-0.15, -0.1) is 0 Å². The lowest BCUT2D eigenvalue weighted by atomic mass is 10.2. The summed E-state index contributed by atoms with van der Waals surface area (Å²) in [5.74, 6) is -1.07. The Morgan fingerprint density at radius 2 is 2.00 bits per heavy atom. The molecule has 1 aromatic heterocycles. The van der Waals surface area contributed by atoms with Gasteiger partial charge in [0.2, 0.25) is 0 Å². The molecule has 3 N–H and O–H groups in total. The second kappa shape index (κ2) is 6.40. The van der Waals surface area contributed by atoms with Gasteiger partial charge in [0.1, 0.15) is 0 Å². The molecule has 0 bridgehead atoms. The van der Waals surface area contributed by atoms with E-state index in [1.165, 1.54) is 12.2 Å².